The summed E-state index contributed by atoms with van der Waals surface area (Å²) in [4.78, 5) is 23.8. The smallest absolute Gasteiger partial charge is 0.416 e. The summed E-state index contributed by atoms with van der Waals surface area (Å²) in [6.07, 6.45) is -4.62. The van der Waals surface area contributed by atoms with Crippen molar-refractivity contribution in [3.8, 4) is 11.3 Å². The molecular formula is C21H18F3N3O3. The Balaban J connectivity index is 1.75. The number of benzene rings is 2. The molecule has 0 aliphatic carbocycles. The fourth-order valence-electron chi connectivity index (χ4n) is 2.99. The van der Waals surface area contributed by atoms with E-state index in [1.807, 2.05) is 6.07 Å². The molecule has 6 nitrogen and oxygen atoms in total. The van der Waals surface area contributed by atoms with Gasteiger partial charge < -0.3 is 10.4 Å². The molecule has 0 bridgehead atoms. The van der Waals surface area contributed by atoms with E-state index in [2.05, 4.69) is 15.5 Å². The number of halogens is 3. The van der Waals surface area contributed by atoms with Gasteiger partial charge in [-0.3, -0.25) is 14.7 Å². The Morgan fingerprint density at radius 3 is 2.47 bits per heavy atom. The van der Waals surface area contributed by atoms with Gasteiger partial charge in [-0.05, 0) is 24.1 Å². The first-order chi connectivity index (χ1) is 14.2. The first-order valence-electron chi connectivity index (χ1n) is 9.02. The van der Waals surface area contributed by atoms with Gasteiger partial charge in [0.2, 0.25) is 5.91 Å². The zero-order valence-corrected chi connectivity index (χ0v) is 15.6. The standard InChI is InChI=1S/C21H18F3N3O3/c22-21(23,24)16-8-4-7-14(10-16)17-12-18(27-26-17)25-20(30)15(11-19(28)29)9-13-5-2-1-3-6-13/h1-8,10,12,15H,9,11H2,(H,28,29)(H2,25,26,27,30). The van der Waals surface area contributed by atoms with Crippen LogP contribution in [-0.4, -0.2) is 27.2 Å². The van der Waals surface area contributed by atoms with Crippen molar-refractivity contribution in [2.45, 2.75) is 19.0 Å². The number of carboxylic acid groups (broad SMARTS) is 1. The molecule has 1 heterocycles. The molecule has 0 aliphatic rings. The summed E-state index contributed by atoms with van der Waals surface area (Å²) in [7, 11) is 0. The number of H-pyrrole nitrogens is 1. The number of anilines is 1. The lowest BCUT2D eigenvalue weighted by atomic mass is 9.95. The number of amides is 1. The lowest BCUT2D eigenvalue weighted by Gasteiger charge is -2.14. The summed E-state index contributed by atoms with van der Waals surface area (Å²) in [5, 5.41) is 18.2. The monoisotopic (exact) mass is 417 g/mol. The molecular weight excluding hydrogens is 399 g/mol. The highest BCUT2D eigenvalue weighted by Crippen LogP contribution is 2.32. The third-order valence-corrected chi connectivity index (χ3v) is 4.44. The number of nitrogens with zero attached hydrogens (tertiary/aromatic N) is 1. The molecule has 3 rings (SSSR count). The van der Waals surface area contributed by atoms with Crippen LogP contribution in [0.3, 0.4) is 0 Å². The number of carbonyl (C=O) groups is 2. The molecule has 0 saturated heterocycles. The van der Waals surface area contributed by atoms with Crippen LogP contribution in [0.4, 0.5) is 19.0 Å². The summed E-state index contributed by atoms with van der Waals surface area (Å²) < 4.78 is 38.7. The largest absolute Gasteiger partial charge is 0.481 e. The fourth-order valence-corrected chi connectivity index (χ4v) is 2.99. The second kappa shape index (κ2) is 8.81. The van der Waals surface area contributed by atoms with Gasteiger partial charge in [0.1, 0.15) is 5.82 Å². The molecule has 0 radical (unpaired) electrons. The summed E-state index contributed by atoms with van der Waals surface area (Å²) in [6, 6.07) is 15.1. The highest BCUT2D eigenvalue weighted by Gasteiger charge is 2.30. The summed E-state index contributed by atoms with van der Waals surface area (Å²) >= 11 is 0. The molecule has 1 amide bonds. The maximum atomic E-state index is 12.9. The van der Waals surface area contributed by atoms with E-state index in [0.29, 0.717) is 0 Å². The molecule has 1 aromatic heterocycles. The number of hydrogen-bond acceptors (Lipinski definition) is 3. The molecule has 156 valence electrons. The van der Waals surface area contributed by atoms with Crippen molar-refractivity contribution in [1.82, 2.24) is 10.2 Å². The van der Waals surface area contributed by atoms with E-state index >= 15 is 0 Å². The number of carboxylic acids is 1. The van der Waals surface area contributed by atoms with Gasteiger partial charge >= 0.3 is 12.1 Å². The lowest BCUT2D eigenvalue weighted by Crippen LogP contribution is -2.27. The lowest BCUT2D eigenvalue weighted by molar-refractivity contribution is -0.140. The second-order valence-corrected chi connectivity index (χ2v) is 6.72. The van der Waals surface area contributed by atoms with Crippen LogP contribution in [0.2, 0.25) is 0 Å². The molecule has 1 atom stereocenters. The van der Waals surface area contributed by atoms with E-state index in [1.54, 1.807) is 24.3 Å². The van der Waals surface area contributed by atoms with Gasteiger partial charge in [0.25, 0.3) is 0 Å². The van der Waals surface area contributed by atoms with E-state index in [-0.39, 0.29) is 29.9 Å². The van der Waals surface area contributed by atoms with Crippen molar-refractivity contribution >= 4 is 17.7 Å². The summed E-state index contributed by atoms with van der Waals surface area (Å²) in [5.74, 6) is -2.30. The molecule has 3 N–H and O–H groups in total. The number of alkyl halides is 3. The third-order valence-electron chi connectivity index (χ3n) is 4.44. The highest BCUT2D eigenvalue weighted by atomic mass is 19.4. The summed E-state index contributed by atoms with van der Waals surface area (Å²) in [6.45, 7) is 0. The molecule has 3 aromatic rings. The number of rotatable bonds is 7. The van der Waals surface area contributed by atoms with Crippen molar-refractivity contribution in [2.24, 2.45) is 5.92 Å². The van der Waals surface area contributed by atoms with Crippen LogP contribution in [0.1, 0.15) is 17.5 Å². The molecule has 1 unspecified atom stereocenters. The number of aromatic amines is 1. The Morgan fingerprint density at radius 2 is 1.80 bits per heavy atom. The van der Waals surface area contributed by atoms with Gasteiger partial charge in [0.15, 0.2) is 0 Å². The fraction of sp³-hybridized carbons (Fsp3) is 0.190. The van der Waals surface area contributed by atoms with Crippen molar-refractivity contribution in [2.75, 3.05) is 5.32 Å². The van der Waals surface area contributed by atoms with Gasteiger partial charge in [0, 0.05) is 11.6 Å². The molecule has 30 heavy (non-hydrogen) atoms. The quantitative estimate of drug-likeness (QED) is 0.532. The Labute approximate surface area is 169 Å². The van der Waals surface area contributed by atoms with Crippen LogP contribution < -0.4 is 5.32 Å². The van der Waals surface area contributed by atoms with E-state index in [0.717, 1.165) is 17.7 Å². The van der Waals surface area contributed by atoms with Crippen molar-refractivity contribution in [3.63, 3.8) is 0 Å². The highest BCUT2D eigenvalue weighted by molar-refractivity contribution is 5.94. The van der Waals surface area contributed by atoms with Crippen LogP contribution >= 0.6 is 0 Å². The van der Waals surface area contributed by atoms with Gasteiger partial charge in [-0.15, -0.1) is 0 Å². The van der Waals surface area contributed by atoms with Crippen molar-refractivity contribution in [3.05, 3.63) is 71.8 Å². The molecule has 9 heteroatoms. The van der Waals surface area contributed by atoms with E-state index < -0.39 is 29.5 Å². The maximum absolute atomic E-state index is 12.9. The minimum Gasteiger partial charge on any atom is -0.481 e. The molecule has 0 saturated carbocycles. The predicted molar refractivity (Wildman–Crippen MR) is 104 cm³/mol. The Bertz CT molecular complexity index is 1030. The first-order valence-corrected chi connectivity index (χ1v) is 9.02. The van der Waals surface area contributed by atoms with E-state index in [9.17, 15) is 22.8 Å². The van der Waals surface area contributed by atoms with E-state index in [1.165, 1.54) is 18.2 Å². The number of hydrogen-bond donors (Lipinski definition) is 3. The zero-order valence-electron chi connectivity index (χ0n) is 15.6. The van der Waals surface area contributed by atoms with Gasteiger partial charge in [-0.1, -0.05) is 42.5 Å². The van der Waals surface area contributed by atoms with Gasteiger partial charge in [0.05, 0.1) is 23.6 Å². The average Bonchev–Trinajstić information content (AvgIpc) is 3.16. The van der Waals surface area contributed by atoms with Crippen molar-refractivity contribution < 1.29 is 27.9 Å². The SMILES string of the molecule is O=C(O)CC(Cc1ccccc1)C(=O)Nc1cc(-c2cccc(C(F)(F)F)c2)n[nH]1. The Hall–Kier alpha value is -3.62. The van der Waals surface area contributed by atoms with Crippen LogP contribution in [0, 0.1) is 5.92 Å². The predicted octanol–water partition coefficient (Wildman–Crippen LogP) is 4.37. The minimum absolute atomic E-state index is 0.163. The number of aliphatic carboxylic acids is 1. The molecule has 0 aliphatic heterocycles. The Kier molecular flexibility index (Phi) is 6.20. The molecule has 0 fully saturated rings. The molecule has 2 aromatic carbocycles. The topological polar surface area (TPSA) is 95.1 Å². The average molecular weight is 417 g/mol. The number of aromatic nitrogens is 2. The zero-order chi connectivity index (χ0) is 21.7. The second-order valence-electron chi connectivity index (χ2n) is 6.72. The van der Waals surface area contributed by atoms with Gasteiger partial charge in [-0.2, -0.15) is 18.3 Å². The number of carbonyl (C=O) groups excluding carboxylic acids is 1. The normalized spacial score (nSPS) is 12.4. The van der Waals surface area contributed by atoms with Crippen LogP contribution in [0.25, 0.3) is 11.3 Å². The van der Waals surface area contributed by atoms with E-state index in [4.69, 9.17) is 5.11 Å². The Morgan fingerprint density at radius 1 is 1.07 bits per heavy atom. The number of nitrogens with one attached hydrogen (secondary N) is 2. The minimum atomic E-state index is -4.48. The van der Waals surface area contributed by atoms with Crippen molar-refractivity contribution in [1.29, 1.82) is 0 Å². The van der Waals surface area contributed by atoms with Gasteiger partial charge in [-0.25, -0.2) is 0 Å². The van der Waals surface area contributed by atoms with Crippen LogP contribution in [0.15, 0.2) is 60.7 Å². The molecule has 0 spiro atoms. The van der Waals surface area contributed by atoms with Crippen LogP contribution in [0.5, 0.6) is 0 Å². The summed E-state index contributed by atoms with van der Waals surface area (Å²) in [5.41, 5.74) is 0.452. The third kappa shape index (κ3) is 5.47. The maximum Gasteiger partial charge on any atom is 0.416 e. The van der Waals surface area contributed by atoms with Crippen LogP contribution in [-0.2, 0) is 22.2 Å². The first kappa shape index (κ1) is 21.1.